The molecule has 2 aromatic rings. The number of nitrogens with zero attached hydrogens (tertiary/aromatic N) is 2. The van der Waals surface area contributed by atoms with Crippen LogP contribution in [-0.4, -0.2) is 28.1 Å². The third kappa shape index (κ3) is 4.68. The molecule has 0 radical (unpaired) electrons. The van der Waals surface area contributed by atoms with Crippen LogP contribution in [0.3, 0.4) is 0 Å². The Kier molecular flexibility index (Phi) is 6.12. The van der Waals surface area contributed by atoms with Crippen molar-refractivity contribution in [2.75, 3.05) is 6.61 Å². The van der Waals surface area contributed by atoms with E-state index in [0.29, 0.717) is 12.3 Å². The van der Waals surface area contributed by atoms with E-state index in [-0.39, 0.29) is 24.1 Å². The molecule has 1 aromatic heterocycles. The Hall–Kier alpha value is -2.63. The lowest BCUT2D eigenvalue weighted by atomic mass is 10.1. The van der Waals surface area contributed by atoms with Gasteiger partial charge in [-0.05, 0) is 44.5 Å². The first-order valence-electron chi connectivity index (χ1n) is 8.12. The number of nitrogens with one attached hydrogen (secondary N) is 1. The molecule has 0 bridgehead atoms. The standard InChI is InChI=1S/C18H23N3O3/c1-4-13(3)20-17(22)11-21-12-19-16(10-18(21)23)14-6-8-15(9-7-14)24-5-2/h6-10,12-13H,4-5,11H2,1-3H3,(H,20,22). The Bertz CT molecular complexity index is 738. The molecular formula is C18H23N3O3. The number of rotatable bonds is 7. The highest BCUT2D eigenvalue weighted by molar-refractivity contribution is 5.76. The largest absolute Gasteiger partial charge is 0.494 e. The van der Waals surface area contributed by atoms with Crippen LogP contribution in [0.5, 0.6) is 5.75 Å². The highest BCUT2D eigenvalue weighted by Gasteiger charge is 2.09. The second kappa shape index (κ2) is 8.29. The molecule has 6 nitrogen and oxygen atoms in total. The molecular weight excluding hydrogens is 306 g/mol. The molecule has 0 aliphatic rings. The predicted octanol–water partition coefficient (Wildman–Crippen LogP) is 2.22. The summed E-state index contributed by atoms with van der Waals surface area (Å²) in [5.41, 5.74) is 1.14. The Balaban J connectivity index is 2.11. The molecule has 128 valence electrons. The van der Waals surface area contributed by atoms with Crippen molar-refractivity contribution < 1.29 is 9.53 Å². The summed E-state index contributed by atoms with van der Waals surface area (Å²) in [5, 5.41) is 2.83. The quantitative estimate of drug-likeness (QED) is 0.845. The summed E-state index contributed by atoms with van der Waals surface area (Å²) in [5.74, 6) is 0.582. The number of carbonyl (C=O) groups is 1. The average molecular weight is 329 g/mol. The highest BCUT2D eigenvalue weighted by Crippen LogP contribution is 2.19. The lowest BCUT2D eigenvalue weighted by molar-refractivity contribution is -0.122. The SMILES string of the molecule is CCOc1ccc(-c2cc(=O)n(CC(=O)NC(C)CC)cn2)cc1. The summed E-state index contributed by atoms with van der Waals surface area (Å²) in [6.45, 7) is 6.41. The maximum absolute atomic E-state index is 12.2. The van der Waals surface area contributed by atoms with Crippen molar-refractivity contribution in [3.05, 3.63) is 47.0 Å². The van der Waals surface area contributed by atoms with Gasteiger partial charge in [0.05, 0.1) is 18.6 Å². The fraction of sp³-hybridized carbons (Fsp3) is 0.389. The lowest BCUT2D eigenvalue weighted by Gasteiger charge is -2.12. The van der Waals surface area contributed by atoms with Gasteiger partial charge in [0.2, 0.25) is 5.91 Å². The molecule has 0 fully saturated rings. The molecule has 1 heterocycles. The fourth-order valence-corrected chi connectivity index (χ4v) is 2.17. The van der Waals surface area contributed by atoms with Crippen molar-refractivity contribution in [1.82, 2.24) is 14.9 Å². The third-order valence-electron chi connectivity index (χ3n) is 3.67. The van der Waals surface area contributed by atoms with Crippen LogP contribution < -0.4 is 15.6 Å². The zero-order valence-corrected chi connectivity index (χ0v) is 14.3. The zero-order valence-electron chi connectivity index (χ0n) is 14.3. The minimum Gasteiger partial charge on any atom is -0.494 e. The van der Waals surface area contributed by atoms with Gasteiger partial charge >= 0.3 is 0 Å². The van der Waals surface area contributed by atoms with E-state index in [4.69, 9.17) is 4.74 Å². The summed E-state index contributed by atoms with van der Waals surface area (Å²) in [7, 11) is 0. The van der Waals surface area contributed by atoms with Crippen LogP contribution in [0, 0.1) is 0 Å². The number of benzene rings is 1. The fourth-order valence-electron chi connectivity index (χ4n) is 2.17. The van der Waals surface area contributed by atoms with Crippen LogP contribution in [-0.2, 0) is 11.3 Å². The zero-order chi connectivity index (χ0) is 17.5. The van der Waals surface area contributed by atoms with Gasteiger partial charge in [-0.25, -0.2) is 4.98 Å². The van der Waals surface area contributed by atoms with Gasteiger partial charge in [0, 0.05) is 17.7 Å². The van der Waals surface area contributed by atoms with E-state index in [9.17, 15) is 9.59 Å². The molecule has 0 saturated carbocycles. The number of carbonyl (C=O) groups excluding carboxylic acids is 1. The first kappa shape index (κ1) is 17.7. The molecule has 1 aromatic carbocycles. The van der Waals surface area contributed by atoms with Gasteiger partial charge in [0.15, 0.2) is 0 Å². The Morgan fingerprint density at radius 1 is 1.29 bits per heavy atom. The van der Waals surface area contributed by atoms with E-state index in [1.54, 1.807) is 0 Å². The highest BCUT2D eigenvalue weighted by atomic mass is 16.5. The normalized spacial score (nSPS) is 11.8. The van der Waals surface area contributed by atoms with Gasteiger partial charge in [-0.1, -0.05) is 6.92 Å². The molecule has 6 heteroatoms. The van der Waals surface area contributed by atoms with Crippen LogP contribution in [0.4, 0.5) is 0 Å². The molecule has 0 aliphatic carbocycles. The number of hydrogen-bond donors (Lipinski definition) is 1. The van der Waals surface area contributed by atoms with Crippen molar-refractivity contribution >= 4 is 5.91 Å². The van der Waals surface area contributed by atoms with E-state index >= 15 is 0 Å². The lowest BCUT2D eigenvalue weighted by Crippen LogP contribution is -2.37. The minimum absolute atomic E-state index is 0.0280. The van der Waals surface area contributed by atoms with E-state index in [1.165, 1.54) is 17.0 Å². The smallest absolute Gasteiger partial charge is 0.254 e. The first-order chi connectivity index (χ1) is 11.5. The third-order valence-corrected chi connectivity index (χ3v) is 3.67. The van der Waals surface area contributed by atoms with Gasteiger partial charge in [0.25, 0.3) is 5.56 Å². The van der Waals surface area contributed by atoms with Crippen LogP contribution in [0.25, 0.3) is 11.3 Å². The van der Waals surface area contributed by atoms with E-state index in [2.05, 4.69) is 10.3 Å². The Morgan fingerprint density at radius 2 is 2.00 bits per heavy atom. The van der Waals surface area contributed by atoms with Crippen molar-refractivity contribution in [3.63, 3.8) is 0 Å². The van der Waals surface area contributed by atoms with E-state index in [1.807, 2.05) is 45.0 Å². The van der Waals surface area contributed by atoms with E-state index in [0.717, 1.165) is 17.7 Å². The molecule has 24 heavy (non-hydrogen) atoms. The maximum atomic E-state index is 12.2. The Labute approximate surface area is 141 Å². The number of aromatic nitrogens is 2. The first-order valence-corrected chi connectivity index (χ1v) is 8.12. The molecule has 1 amide bonds. The number of ether oxygens (including phenoxy) is 1. The van der Waals surface area contributed by atoms with Crippen LogP contribution in [0.1, 0.15) is 27.2 Å². The summed E-state index contributed by atoms with van der Waals surface area (Å²) < 4.78 is 6.69. The molecule has 2 rings (SSSR count). The van der Waals surface area contributed by atoms with Gasteiger partial charge in [0.1, 0.15) is 12.3 Å². The van der Waals surface area contributed by atoms with Crippen LogP contribution >= 0.6 is 0 Å². The predicted molar refractivity (Wildman–Crippen MR) is 93.0 cm³/mol. The average Bonchev–Trinajstić information content (AvgIpc) is 2.57. The molecule has 1 unspecified atom stereocenters. The van der Waals surface area contributed by atoms with Crippen molar-refractivity contribution in [2.45, 2.75) is 39.8 Å². The van der Waals surface area contributed by atoms with Crippen molar-refractivity contribution in [3.8, 4) is 17.0 Å². The van der Waals surface area contributed by atoms with Crippen LogP contribution in [0.15, 0.2) is 41.5 Å². The Morgan fingerprint density at radius 3 is 2.58 bits per heavy atom. The maximum Gasteiger partial charge on any atom is 0.254 e. The summed E-state index contributed by atoms with van der Waals surface area (Å²) in [6, 6.07) is 8.91. The molecule has 0 spiro atoms. The topological polar surface area (TPSA) is 73.2 Å². The molecule has 1 N–H and O–H groups in total. The van der Waals surface area contributed by atoms with Crippen LogP contribution in [0.2, 0.25) is 0 Å². The van der Waals surface area contributed by atoms with E-state index < -0.39 is 0 Å². The minimum atomic E-state index is -0.256. The summed E-state index contributed by atoms with van der Waals surface area (Å²) in [4.78, 5) is 28.3. The number of hydrogen-bond acceptors (Lipinski definition) is 4. The molecule has 1 atom stereocenters. The van der Waals surface area contributed by atoms with Gasteiger partial charge < -0.3 is 10.1 Å². The van der Waals surface area contributed by atoms with Gasteiger partial charge in [-0.3, -0.25) is 14.2 Å². The summed E-state index contributed by atoms with van der Waals surface area (Å²) >= 11 is 0. The molecule has 0 saturated heterocycles. The van der Waals surface area contributed by atoms with Gasteiger partial charge in [-0.2, -0.15) is 0 Å². The second-order valence-corrected chi connectivity index (χ2v) is 5.57. The summed E-state index contributed by atoms with van der Waals surface area (Å²) in [6.07, 6.45) is 2.25. The number of amides is 1. The van der Waals surface area contributed by atoms with Crippen molar-refractivity contribution in [2.24, 2.45) is 0 Å². The monoisotopic (exact) mass is 329 g/mol. The van der Waals surface area contributed by atoms with Crippen molar-refractivity contribution in [1.29, 1.82) is 0 Å². The molecule has 0 aliphatic heterocycles. The van der Waals surface area contributed by atoms with Gasteiger partial charge in [-0.15, -0.1) is 0 Å². The second-order valence-electron chi connectivity index (χ2n) is 5.57.